The van der Waals surface area contributed by atoms with E-state index in [9.17, 15) is 4.79 Å². The van der Waals surface area contributed by atoms with Crippen molar-refractivity contribution in [1.29, 1.82) is 0 Å². The standard InChI is InChI=1S/C20H17OP/c1-16(21)17-12-14-20(15-13-17)22(18-8-4-2-5-9-18)19-10-6-3-7-11-19/h2-15H,1H3. The van der Waals surface area contributed by atoms with Crippen molar-refractivity contribution in [3.05, 3.63) is 90.5 Å². The van der Waals surface area contributed by atoms with E-state index in [1.807, 2.05) is 24.3 Å². The number of ketones is 1. The molecular formula is C20H17OP. The van der Waals surface area contributed by atoms with Crippen molar-refractivity contribution < 1.29 is 4.79 Å². The summed E-state index contributed by atoms with van der Waals surface area (Å²) in [4.78, 5) is 11.5. The van der Waals surface area contributed by atoms with Crippen LogP contribution in [-0.4, -0.2) is 5.78 Å². The van der Waals surface area contributed by atoms with Crippen LogP contribution in [0.3, 0.4) is 0 Å². The second kappa shape index (κ2) is 6.68. The molecule has 3 aromatic rings. The van der Waals surface area contributed by atoms with Gasteiger partial charge in [-0.1, -0.05) is 84.9 Å². The van der Waals surface area contributed by atoms with Crippen LogP contribution in [0.1, 0.15) is 17.3 Å². The van der Waals surface area contributed by atoms with Gasteiger partial charge in [-0.3, -0.25) is 4.79 Å². The molecule has 0 amide bonds. The molecule has 0 N–H and O–H groups in total. The van der Waals surface area contributed by atoms with Gasteiger partial charge in [0.05, 0.1) is 0 Å². The average Bonchev–Trinajstić information content (AvgIpc) is 2.57. The summed E-state index contributed by atoms with van der Waals surface area (Å²) in [6.07, 6.45) is 0. The van der Waals surface area contributed by atoms with Crippen molar-refractivity contribution in [2.75, 3.05) is 0 Å². The summed E-state index contributed by atoms with van der Waals surface area (Å²) in [7, 11) is -0.589. The van der Waals surface area contributed by atoms with Crippen molar-refractivity contribution in [1.82, 2.24) is 0 Å². The highest BCUT2D eigenvalue weighted by molar-refractivity contribution is 7.79. The van der Waals surface area contributed by atoms with E-state index in [4.69, 9.17) is 0 Å². The van der Waals surface area contributed by atoms with Gasteiger partial charge in [0.25, 0.3) is 0 Å². The molecule has 0 radical (unpaired) electrons. The fraction of sp³-hybridized carbons (Fsp3) is 0.0500. The van der Waals surface area contributed by atoms with Crippen LogP contribution < -0.4 is 15.9 Å². The van der Waals surface area contributed by atoms with Gasteiger partial charge in [-0.15, -0.1) is 0 Å². The largest absolute Gasteiger partial charge is 0.295 e. The number of hydrogen-bond donors (Lipinski definition) is 0. The Kier molecular flexibility index (Phi) is 4.46. The van der Waals surface area contributed by atoms with Gasteiger partial charge < -0.3 is 0 Å². The van der Waals surface area contributed by atoms with Gasteiger partial charge in [-0.25, -0.2) is 0 Å². The summed E-state index contributed by atoms with van der Waals surface area (Å²) < 4.78 is 0. The summed E-state index contributed by atoms with van der Waals surface area (Å²) in [5.74, 6) is 0.107. The smallest absolute Gasteiger partial charge is 0.159 e. The molecule has 0 fully saturated rings. The zero-order valence-corrected chi connectivity index (χ0v) is 13.3. The van der Waals surface area contributed by atoms with Crippen molar-refractivity contribution in [2.45, 2.75) is 6.92 Å². The zero-order valence-electron chi connectivity index (χ0n) is 12.4. The predicted octanol–water partition coefficient (Wildman–Crippen LogP) is 3.65. The lowest BCUT2D eigenvalue weighted by Crippen LogP contribution is -2.20. The van der Waals surface area contributed by atoms with Crippen molar-refractivity contribution in [3.63, 3.8) is 0 Å². The highest BCUT2D eigenvalue weighted by atomic mass is 31.1. The summed E-state index contributed by atoms with van der Waals surface area (Å²) in [6.45, 7) is 1.60. The first-order chi connectivity index (χ1) is 10.8. The highest BCUT2D eigenvalue weighted by Gasteiger charge is 2.16. The van der Waals surface area contributed by atoms with Gasteiger partial charge in [0.2, 0.25) is 0 Å². The van der Waals surface area contributed by atoms with E-state index >= 15 is 0 Å². The fourth-order valence-corrected chi connectivity index (χ4v) is 4.73. The first-order valence-corrected chi connectivity index (χ1v) is 8.61. The molecule has 3 rings (SSSR count). The number of hydrogen-bond acceptors (Lipinski definition) is 1. The third kappa shape index (κ3) is 3.16. The molecule has 0 atom stereocenters. The SMILES string of the molecule is CC(=O)c1ccc(P(c2ccccc2)c2ccccc2)cc1. The minimum atomic E-state index is -0.589. The Morgan fingerprint density at radius 3 is 1.45 bits per heavy atom. The molecule has 0 bridgehead atoms. The molecule has 22 heavy (non-hydrogen) atoms. The molecule has 0 unspecified atom stereocenters. The topological polar surface area (TPSA) is 17.1 Å². The maximum Gasteiger partial charge on any atom is 0.159 e. The average molecular weight is 304 g/mol. The Labute approximate surface area is 132 Å². The minimum absolute atomic E-state index is 0.107. The van der Waals surface area contributed by atoms with Crippen LogP contribution in [0.2, 0.25) is 0 Å². The first-order valence-electron chi connectivity index (χ1n) is 7.27. The number of carbonyl (C=O) groups is 1. The van der Waals surface area contributed by atoms with Crippen LogP contribution in [0.15, 0.2) is 84.9 Å². The van der Waals surface area contributed by atoms with Crippen LogP contribution in [-0.2, 0) is 0 Å². The van der Waals surface area contributed by atoms with Crippen LogP contribution in [0, 0.1) is 0 Å². The van der Waals surface area contributed by atoms with Crippen molar-refractivity contribution >= 4 is 29.6 Å². The predicted molar refractivity (Wildman–Crippen MR) is 95.2 cm³/mol. The van der Waals surface area contributed by atoms with E-state index < -0.39 is 7.92 Å². The summed E-state index contributed by atoms with van der Waals surface area (Å²) >= 11 is 0. The minimum Gasteiger partial charge on any atom is -0.295 e. The Morgan fingerprint density at radius 2 is 1.05 bits per heavy atom. The Morgan fingerprint density at radius 1 is 0.636 bits per heavy atom. The van der Waals surface area contributed by atoms with E-state index in [1.54, 1.807) is 6.92 Å². The molecule has 3 aromatic carbocycles. The third-order valence-corrected chi connectivity index (χ3v) is 6.00. The summed E-state index contributed by atoms with van der Waals surface area (Å²) in [5, 5.41) is 3.90. The van der Waals surface area contributed by atoms with Crippen molar-refractivity contribution in [2.24, 2.45) is 0 Å². The Hall–Kier alpha value is -2.24. The first kappa shape index (κ1) is 14.7. The van der Waals surface area contributed by atoms with E-state index in [-0.39, 0.29) is 5.78 Å². The van der Waals surface area contributed by atoms with Gasteiger partial charge in [-0.2, -0.15) is 0 Å². The summed E-state index contributed by atoms with van der Waals surface area (Å²) in [6, 6.07) is 29.2. The molecule has 0 aromatic heterocycles. The van der Waals surface area contributed by atoms with Crippen LogP contribution in [0.5, 0.6) is 0 Å². The molecule has 2 heteroatoms. The molecule has 0 aliphatic carbocycles. The normalized spacial score (nSPS) is 10.6. The quantitative estimate of drug-likeness (QED) is 0.531. The molecule has 0 saturated heterocycles. The van der Waals surface area contributed by atoms with Crippen LogP contribution >= 0.6 is 7.92 Å². The Bertz CT molecular complexity index is 709. The van der Waals surface area contributed by atoms with E-state index in [2.05, 4.69) is 60.7 Å². The van der Waals surface area contributed by atoms with E-state index in [1.165, 1.54) is 15.9 Å². The van der Waals surface area contributed by atoms with Gasteiger partial charge in [0, 0.05) is 5.56 Å². The van der Waals surface area contributed by atoms with Crippen LogP contribution in [0.25, 0.3) is 0 Å². The van der Waals surface area contributed by atoms with E-state index in [0.717, 1.165) is 5.56 Å². The molecule has 0 saturated carbocycles. The molecular weight excluding hydrogens is 287 g/mol. The lowest BCUT2D eigenvalue weighted by molar-refractivity contribution is 0.101. The molecule has 0 heterocycles. The molecule has 0 aliphatic heterocycles. The number of Topliss-reactive ketones (excluding diaryl/α,β-unsaturated/α-hetero) is 1. The highest BCUT2D eigenvalue weighted by Crippen LogP contribution is 2.32. The lowest BCUT2D eigenvalue weighted by atomic mass is 10.2. The van der Waals surface area contributed by atoms with Gasteiger partial charge in [0.15, 0.2) is 5.78 Å². The Balaban J connectivity index is 2.08. The molecule has 108 valence electrons. The van der Waals surface area contributed by atoms with E-state index in [0.29, 0.717) is 0 Å². The maximum atomic E-state index is 11.5. The monoisotopic (exact) mass is 304 g/mol. The van der Waals surface area contributed by atoms with Crippen LogP contribution in [0.4, 0.5) is 0 Å². The molecule has 0 spiro atoms. The van der Waals surface area contributed by atoms with Gasteiger partial charge >= 0.3 is 0 Å². The molecule has 0 aliphatic rings. The second-order valence-corrected chi connectivity index (χ2v) is 7.33. The maximum absolute atomic E-state index is 11.5. The zero-order chi connectivity index (χ0) is 15.4. The summed E-state index contributed by atoms with van der Waals surface area (Å²) in [5.41, 5.74) is 0.764. The number of carbonyl (C=O) groups excluding carboxylic acids is 1. The number of benzene rings is 3. The molecule has 1 nitrogen and oxygen atoms in total. The third-order valence-electron chi connectivity index (χ3n) is 3.56. The van der Waals surface area contributed by atoms with Crippen molar-refractivity contribution in [3.8, 4) is 0 Å². The fourth-order valence-electron chi connectivity index (χ4n) is 2.45. The number of rotatable bonds is 4. The van der Waals surface area contributed by atoms with Gasteiger partial charge in [0.1, 0.15) is 0 Å². The lowest BCUT2D eigenvalue weighted by Gasteiger charge is -2.19. The second-order valence-electron chi connectivity index (χ2n) is 5.11. The van der Waals surface area contributed by atoms with Gasteiger partial charge in [-0.05, 0) is 30.8 Å².